The number of nitrogens with one attached hydrogen (secondary N) is 2. The van der Waals surface area contributed by atoms with E-state index in [2.05, 4.69) is 22.7 Å². The number of ether oxygens (including phenoxy) is 1. The Balaban J connectivity index is 1.28. The lowest BCUT2D eigenvalue weighted by Gasteiger charge is -2.11. The summed E-state index contributed by atoms with van der Waals surface area (Å²) < 4.78 is 7.68. The van der Waals surface area contributed by atoms with Gasteiger partial charge in [0.15, 0.2) is 5.11 Å². The molecule has 0 aliphatic heterocycles. The van der Waals surface area contributed by atoms with Crippen molar-refractivity contribution in [3.8, 4) is 5.75 Å². The second-order valence-corrected chi connectivity index (χ2v) is 8.76. The molecule has 7 heteroatoms. The third-order valence-electron chi connectivity index (χ3n) is 5.84. The summed E-state index contributed by atoms with van der Waals surface area (Å²) in [5.74, 6) is 0.416. The third kappa shape index (κ3) is 6.33. The van der Waals surface area contributed by atoms with Crippen LogP contribution in [0.1, 0.15) is 38.4 Å². The molecule has 0 fully saturated rings. The fourth-order valence-corrected chi connectivity index (χ4v) is 3.97. The van der Waals surface area contributed by atoms with Crippen molar-refractivity contribution in [3.63, 3.8) is 0 Å². The SMILES string of the molecule is Cc1nn(C)c(C)c1Cc1ccc(NC(=S)NC(=O)c2ccc(OCc3ccccc3)cc2)cc1. The molecule has 0 unspecified atom stereocenters. The number of hydrogen-bond acceptors (Lipinski definition) is 4. The average molecular weight is 485 g/mol. The van der Waals surface area contributed by atoms with Crippen molar-refractivity contribution in [2.75, 3.05) is 5.32 Å². The molecule has 0 bridgehead atoms. The minimum atomic E-state index is -0.281. The number of amides is 1. The Labute approximate surface area is 210 Å². The highest BCUT2D eigenvalue weighted by molar-refractivity contribution is 7.80. The van der Waals surface area contributed by atoms with E-state index in [1.165, 1.54) is 16.8 Å². The summed E-state index contributed by atoms with van der Waals surface area (Å²) >= 11 is 5.33. The van der Waals surface area contributed by atoms with Gasteiger partial charge in [-0.15, -0.1) is 0 Å². The van der Waals surface area contributed by atoms with Crippen molar-refractivity contribution in [2.24, 2.45) is 7.05 Å². The second-order valence-electron chi connectivity index (χ2n) is 8.35. The summed E-state index contributed by atoms with van der Waals surface area (Å²) in [5, 5.41) is 10.5. The molecular formula is C28H28N4O2S. The molecule has 1 aromatic heterocycles. The summed E-state index contributed by atoms with van der Waals surface area (Å²) in [5.41, 5.74) is 7.03. The van der Waals surface area contributed by atoms with E-state index in [1.54, 1.807) is 24.3 Å². The van der Waals surface area contributed by atoms with Crippen LogP contribution in [0.4, 0.5) is 5.69 Å². The normalized spacial score (nSPS) is 10.6. The molecule has 2 N–H and O–H groups in total. The van der Waals surface area contributed by atoms with Crippen LogP contribution in [0, 0.1) is 13.8 Å². The van der Waals surface area contributed by atoms with Crippen molar-refractivity contribution < 1.29 is 9.53 Å². The number of rotatable bonds is 7. The molecule has 0 aliphatic rings. The van der Waals surface area contributed by atoms with Crippen LogP contribution in [0.3, 0.4) is 0 Å². The minimum absolute atomic E-state index is 0.242. The maximum absolute atomic E-state index is 12.6. The van der Waals surface area contributed by atoms with E-state index in [0.717, 1.165) is 23.4 Å². The lowest BCUT2D eigenvalue weighted by molar-refractivity contribution is 0.0977. The van der Waals surface area contributed by atoms with Crippen LogP contribution < -0.4 is 15.4 Å². The van der Waals surface area contributed by atoms with Gasteiger partial charge in [-0.05, 0) is 73.6 Å². The average Bonchev–Trinajstić information content (AvgIpc) is 3.10. The molecule has 1 heterocycles. The largest absolute Gasteiger partial charge is 0.489 e. The number of benzene rings is 3. The van der Waals surface area contributed by atoms with Crippen molar-refractivity contribution in [2.45, 2.75) is 26.9 Å². The molecule has 6 nitrogen and oxygen atoms in total. The number of aryl methyl sites for hydroxylation is 2. The number of nitrogens with zero attached hydrogens (tertiary/aromatic N) is 2. The molecule has 0 radical (unpaired) electrons. The number of hydrogen-bond donors (Lipinski definition) is 2. The topological polar surface area (TPSA) is 68.2 Å². The van der Waals surface area contributed by atoms with E-state index in [4.69, 9.17) is 17.0 Å². The zero-order chi connectivity index (χ0) is 24.8. The lowest BCUT2D eigenvalue weighted by atomic mass is 10.0. The molecular weight excluding hydrogens is 456 g/mol. The molecule has 4 rings (SSSR count). The Bertz CT molecular complexity index is 1310. The van der Waals surface area contributed by atoms with E-state index >= 15 is 0 Å². The van der Waals surface area contributed by atoms with Gasteiger partial charge >= 0.3 is 0 Å². The molecule has 0 spiro atoms. The predicted molar refractivity (Wildman–Crippen MR) is 143 cm³/mol. The zero-order valence-electron chi connectivity index (χ0n) is 20.0. The Morgan fingerprint density at radius 1 is 0.943 bits per heavy atom. The number of thiocarbonyl (C=S) groups is 1. The monoisotopic (exact) mass is 484 g/mol. The summed E-state index contributed by atoms with van der Waals surface area (Å²) in [6.45, 7) is 4.59. The van der Waals surface area contributed by atoms with E-state index in [-0.39, 0.29) is 11.0 Å². The maximum atomic E-state index is 12.6. The molecule has 178 valence electrons. The minimum Gasteiger partial charge on any atom is -0.489 e. The summed E-state index contributed by atoms with van der Waals surface area (Å²) in [4.78, 5) is 12.6. The fourth-order valence-electron chi connectivity index (χ4n) is 3.76. The molecule has 0 saturated carbocycles. The van der Waals surface area contributed by atoms with Crippen molar-refractivity contribution >= 4 is 28.9 Å². The maximum Gasteiger partial charge on any atom is 0.257 e. The summed E-state index contributed by atoms with van der Waals surface area (Å²) in [6.07, 6.45) is 0.817. The first-order chi connectivity index (χ1) is 16.9. The standard InChI is InChI=1S/C28H28N4O2S/c1-19-26(20(2)32(3)31-19)17-21-9-13-24(14-10-21)29-28(35)30-27(33)23-11-15-25(16-12-23)34-18-22-7-5-4-6-8-22/h4-16H,17-18H2,1-3H3,(H2,29,30,33,35). The van der Waals surface area contributed by atoms with Crippen LogP contribution in [0.25, 0.3) is 0 Å². The second kappa shape index (κ2) is 11.0. The first-order valence-electron chi connectivity index (χ1n) is 11.4. The van der Waals surface area contributed by atoms with Crippen LogP contribution in [-0.4, -0.2) is 20.8 Å². The van der Waals surface area contributed by atoms with Gasteiger partial charge in [-0.2, -0.15) is 5.10 Å². The molecule has 0 saturated heterocycles. The summed E-state index contributed by atoms with van der Waals surface area (Å²) in [7, 11) is 1.96. The molecule has 0 atom stereocenters. The van der Waals surface area contributed by atoms with Gasteiger partial charge in [0.05, 0.1) is 5.69 Å². The molecule has 0 aliphatic carbocycles. The Kier molecular flexibility index (Phi) is 7.57. The van der Waals surface area contributed by atoms with Gasteiger partial charge < -0.3 is 10.1 Å². The first-order valence-corrected chi connectivity index (χ1v) is 11.8. The Morgan fingerprint density at radius 3 is 2.26 bits per heavy atom. The van der Waals surface area contributed by atoms with Crippen LogP contribution in [-0.2, 0) is 20.1 Å². The molecule has 4 aromatic rings. The van der Waals surface area contributed by atoms with Crippen LogP contribution in [0.2, 0.25) is 0 Å². The van der Waals surface area contributed by atoms with E-state index in [0.29, 0.717) is 17.9 Å². The zero-order valence-corrected chi connectivity index (χ0v) is 20.9. The van der Waals surface area contributed by atoms with Crippen molar-refractivity contribution in [1.82, 2.24) is 15.1 Å². The van der Waals surface area contributed by atoms with Gasteiger partial charge in [-0.25, -0.2) is 0 Å². The Hall–Kier alpha value is -3.97. The van der Waals surface area contributed by atoms with E-state index < -0.39 is 0 Å². The third-order valence-corrected chi connectivity index (χ3v) is 6.05. The Morgan fingerprint density at radius 2 is 1.63 bits per heavy atom. The quantitative estimate of drug-likeness (QED) is 0.347. The molecule has 1 amide bonds. The van der Waals surface area contributed by atoms with Crippen LogP contribution in [0.5, 0.6) is 5.75 Å². The highest BCUT2D eigenvalue weighted by Gasteiger charge is 2.11. The predicted octanol–water partition coefficient (Wildman–Crippen LogP) is 5.33. The number of anilines is 1. The first kappa shape index (κ1) is 24.2. The molecule has 35 heavy (non-hydrogen) atoms. The van der Waals surface area contributed by atoms with Crippen molar-refractivity contribution in [1.29, 1.82) is 0 Å². The van der Waals surface area contributed by atoms with Gasteiger partial charge in [0.25, 0.3) is 5.91 Å². The van der Waals surface area contributed by atoms with E-state index in [9.17, 15) is 4.79 Å². The highest BCUT2D eigenvalue weighted by Crippen LogP contribution is 2.19. The van der Waals surface area contributed by atoms with Gasteiger partial charge in [0.2, 0.25) is 0 Å². The van der Waals surface area contributed by atoms with Crippen LogP contribution in [0.15, 0.2) is 78.9 Å². The van der Waals surface area contributed by atoms with Gasteiger partial charge in [0.1, 0.15) is 12.4 Å². The number of carbonyl (C=O) groups excluding carboxylic acids is 1. The van der Waals surface area contributed by atoms with Gasteiger partial charge in [-0.1, -0.05) is 42.5 Å². The van der Waals surface area contributed by atoms with Gasteiger partial charge in [0, 0.05) is 36.0 Å². The van der Waals surface area contributed by atoms with E-state index in [1.807, 2.05) is 73.3 Å². The number of carbonyl (C=O) groups is 1. The summed E-state index contributed by atoms with van der Waals surface area (Å²) in [6, 6.07) is 24.9. The van der Waals surface area contributed by atoms with Crippen molar-refractivity contribution in [3.05, 3.63) is 113 Å². The van der Waals surface area contributed by atoms with Crippen LogP contribution >= 0.6 is 12.2 Å². The smallest absolute Gasteiger partial charge is 0.257 e. The number of aromatic nitrogens is 2. The highest BCUT2D eigenvalue weighted by atomic mass is 32.1. The van der Waals surface area contributed by atoms with Gasteiger partial charge in [-0.3, -0.25) is 14.8 Å². The lowest BCUT2D eigenvalue weighted by Crippen LogP contribution is -2.34. The fraction of sp³-hybridized carbons (Fsp3) is 0.179. The molecule has 3 aromatic carbocycles.